The van der Waals surface area contributed by atoms with Gasteiger partial charge in [-0.25, -0.2) is 4.68 Å². The summed E-state index contributed by atoms with van der Waals surface area (Å²) in [4.78, 5) is 12.5. The van der Waals surface area contributed by atoms with Crippen molar-refractivity contribution in [2.24, 2.45) is 0 Å². The number of benzene rings is 2. The number of carbonyl (C=O) groups excluding carboxylic acids is 1. The lowest BCUT2D eigenvalue weighted by Gasteiger charge is -2.03. The molecule has 4 rings (SSSR count). The number of rotatable bonds is 8. The molecule has 0 fully saturated rings. The molecule has 160 valence electrons. The molecular weight excluding hydrogens is 404 g/mol. The number of para-hydroxylation sites is 2. The van der Waals surface area contributed by atoms with E-state index in [1.807, 2.05) is 66.7 Å². The van der Waals surface area contributed by atoms with Crippen LogP contribution in [0.3, 0.4) is 0 Å². The maximum atomic E-state index is 12.5. The van der Waals surface area contributed by atoms with Gasteiger partial charge < -0.3 is 14.5 Å². The molecule has 4 aromatic rings. The standard InChI is InChI=1S/C25H22N4O3/c1-31-13-7-12-27-25(30)19(16-26)14-20-17-29(21-9-3-2-4-10-21)28-24(20)23-15-18-8-5-6-11-22(18)32-23/h2-6,8-11,14-15,17H,7,12-13H2,1H3,(H,27,30). The second kappa shape index (κ2) is 9.77. The maximum absolute atomic E-state index is 12.5. The number of fused-ring (bicyclic) bond motifs is 1. The van der Waals surface area contributed by atoms with Crippen molar-refractivity contribution in [1.82, 2.24) is 15.1 Å². The van der Waals surface area contributed by atoms with Gasteiger partial charge in [0.1, 0.15) is 22.9 Å². The molecule has 0 unspecified atom stereocenters. The first kappa shape index (κ1) is 21.1. The van der Waals surface area contributed by atoms with Crippen molar-refractivity contribution in [1.29, 1.82) is 5.26 Å². The Kier molecular flexibility index (Phi) is 6.44. The van der Waals surface area contributed by atoms with Crippen molar-refractivity contribution in [2.45, 2.75) is 6.42 Å². The van der Waals surface area contributed by atoms with Crippen molar-refractivity contribution < 1.29 is 13.9 Å². The van der Waals surface area contributed by atoms with E-state index < -0.39 is 5.91 Å². The van der Waals surface area contributed by atoms with Gasteiger partial charge in [0.15, 0.2) is 5.76 Å². The van der Waals surface area contributed by atoms with Crippen molar-refractivity contribution in [2.75, 3.05) is 20.3 Å². The highest BCUT2D eigenvalue weighted by molar-refractivity contribution is 6.02. The van der Waals surface area contributed by atoms with Crippen LogP contribution >= 0.6 is 0 Å². The van der Waals surface area contributed by atoms with Gasteiger partial charge in [0.25, 0.3) is 5.91 Å². The highest BCUT2D eigenvalue weighted by Crippen LogP contribution is 2.31. The first-order chi connectivity index (χ1) is 15.7. The summed E-state index contributed by atoms with van der Waals surface area (Å²) in [7, 11) is 1.60. The fourth-order valence-electron chi connectivity index (χ4n) is 3.31. The zero-order valence-electron chi connectivity index (χ0n) is 17.6. The Hall–Kier alpha value is -4.15. The number of furan rings is 1. The van der Waals surface area contributed by atoms with Gasteiger partial charge in [-0.1, -0.05) is 36.4 Å². The molecule has 2 aromatic carbocycles. The van der Waals surface area contributed by atoms with E-state index in [-0.39, 0.29) is 5.57 Å². The molecule has 0 atom stereocenters. The second-order valence-electron chi connectivity index (χ2n) is 7.13. The Bertz CT molecular complexity index is 1260. The Morgan fingerprint density at radius 1 is 1.22 bits per heavy atom. The summed E-state index contributed by atoms with van der Waals surface area (Å²) in [6, 6.07) is 21.2. The monoisotopic (exact) mass is 426 g/mol. The van der Waals surface area contributed by atoms with Gasteiger partial charge in [-0.2, -0.15) is 10.4 Å². The predicted molar refractivity (Wildman–Crippen MR) is 122 cm³/mol. The van der Waals surface area contributed by atoms with Crippen molar-refractivity contribution in [3.05, 3.63) is 78.0 Å². The van der Waals surface area contributed by atoms with Crippen LogP contribution in [0.1, 0.15) is 12.0 Å². The molecule has 2 aromatic heterocycles. The van der Waals surface area contributed by atoms with Gasteiger partial charge in [-0.05, 0) is 36.8 Å². The van der Waals surface area contributed by atoms with E-state index in [0.717, 1.165) is 16.7 Å². The predicted octanol–water partition coefficient (Wildman–Crippen LogP) is 4.35. The van der Waals surface area contributed by atoms with Crippen LogP contribution in [0.15, 0.2) is 76.9 Å². The van der Waals surface area contributed by atoms with Crippen LogP contribution < -0.4 is 5.32 Å². The Morgan fingerprint density at radius 2 is 2.00 bits per heavy atom. The number of nitrogens with zero attached hydrogens (tertiary/aromatic N) is 3. The molecule has 0 saturated heterocycles. The Morgan fingerprint density at radius 3 is 2.75 bits per heavy atom. The first-order valence-corrected chi connectivity index (χ1v) is 10.2. The number of nitrogens with one attached hydrogen (secondary N) is 1. The fourth-order valence-corrected chi connectivity index (χ4v) is 3.31. The largest absolute Gasteiger partial charge is 0.454 e. The number of amides is 1. The summed E-state index contributed by atoms with van der Waals surface area (Å²) in [6.45, 7) is 0.956. The number of hydrogen-bond donors (Lipinski definition) is 1. The van der Waals surface area contributed by atoms with E-state index in [4.69, 9.17) is 14.3 Å². The minimum Gasteiger partial charge on any atom is -0.454 e. The molecule has 2 heterocycles. The molecule has 32 heavy (non-hydrogen) atoms. The van der Waals surface area contributed by atoms with E-state index in [9.17, 15) is 10.1 Å². The number of aromatic nitrogens is 2. The van der Waals surface area contributed by atoms with Crippen LogP contribution in [0, 0.1) is 11.3 Å². The third kappa shape index (κ3) is 4.61. The highest BCUT2D eigenvalue weighted by atomic mass is 16.5. The van der Waals surface area contributed by atoms with Gasteiger partial charge in [0.05, 0.1) is 5.69 Å². The molecule has 0 aliphatic rings. The van der Waals surface area contributed by atoms with Crippen LogP contribution in [0.5, 0.6) is 0 Å². The number of ether oxygens (including phenoxy) is 1. The van der Waals surface area contributed by atoms with Gasteiger partial charge >= 0.3 is 0 Å². The number of carbonyl (C=O) groups is 1. The third-order valence-electron chi connectivity index (χ3n) is 4.90. The molecule has 1 amide bonds. The zero-order chi connectivity index (χ0) is 22.3. The molecule has 0 spiro atoms. The van der Waals surface area contributed by atoms with E-state index in [1.54, 1.807) is 24.1 Å². The average Bonchev–Trinajstić information content (AvgIpc) is 3.44. The minimum absolute atomic E-state index is 0.00705. The van der Waals surface area contributed by atoms with Crippen molar-refractivity contribution >= 4 is 23.0 Å². The lowest BCUT2D eigenvalue weighted by molar-refractivity contribution is -0.117. The molecular formula is C25H22N4O3. The topological polar surface area (TPSA) is 93.1 Å². The molecule has 0 bridgehead atoms. The molecule has 7 heteroatoms. The highest BCUT2D eigenvalue weighted by Gasteiger charge is 2.17. The van der Waals surface area contributed by atoms with Gasteiger partial charge in [0, 0.05) is 37.4 Å². The minimum atomic E-state index is -0.438. The summed E-state index contributed by atoms with van der Waals surface area (Å²) in [5.41, 5.74) is 2.74. The Labute approximate surface area is 185 Å². The maximum Gasteiger partial charge on any atom is 0.261 e. The SMILES string of the molecule is COCCCNC(=O)C(C#N)=Cc1cn(-c2ccccc2)nc1-c1cc2ccccc2o1. The first-order valence-electron chi connectivity index (χ1n) is 10.2. The van der Waals surface area contributed by atoms with Crippen LogP contribution in [-0.2, 0) is 9.53 Å². The lowest BCUT2D eigenvalue weighted by atomic mass is 10.1. The summed E-state index contributed by atoms with van der Waals surface area (Å²) in [6.07, 6.45) is 3.99. The molecule has 0 aliphatic carbocycles. The molecule has 7 nitrogen and oxygen atoms in total. The van der Waals surface area contributed by atoms with Gasteiger partial charge in [0.2, 0.25) is 0 Å². The van der Waals surface area contributed by atoms with E-state index >= 15 is 0 Å². The lowest BCUT2D eigenvalue weighted by Crippen LogP contribution is -2.26. The second-order valence-corrected chi connectivity index (χ2v) is 7.13. The number of methoxy groups -OCH3 is 1. The summed E-state index contributed by atoms with van der Waals surface area (Å²) >= 11 is 0. The number of nitriles is 1. The van der Waals surface area contributed by atoms with Crippen LogP contribution in [-0.4, -0.2) is 35.9 Å². The van der Waals surface area contributed by atoms with Crippen molar-refractivity contribution in [3.63, 3.8) is 0 Å². The Balaban J connectivity index is 1.74. The molecule has 0 saturated carbocycles. The smallest absolute Gasteiger partial charge is 0.261 e. The molecule has 0 radical (unpaired) electrons. The fraction of sp³-hybridized carbons (Fsp3) is 0.160. The third-order valence-corrected chi connectivity index (χ3v) is 4.90. The average molecular weight is 426 g/mol. The summed E-state index contributed by atoms with van der Waals surface area (Å²) in [5, 5.41) is 18.0. The van der Waals surface area contributed by atoms with Gasteiger partial charge in [-0.3, -0.25) is 4.79 Å². The van der Waals surface area contributed by atoms with E-state index in [2.05, 4.69) is 5.32 Å². The van der Waals surface area contributed by atoms with Gasteiger partial charge in [-0.15, -0.1) is 0 Å². The summed E-state index contributed by atoms with van der Waals surface area (Å²) < 4.78 is 12.7. The quantitative estimate of drug-likeness (QED) is 0.257. The summed E-state index contributed by atoms with van der Waals surface area (Å²) in [5.74, 6) is 0.122. The van der Waals surface area contributed by atoms with Crippen LogP contribution in [0.25, 0.3) is 34.2 Å². The van der Waals surface area contributed by atoms with Crippen molar-refractivity contribution in [3.8, 4) is 23.2 Å². The number of hydrogen-bond acceptors (Lipinski definition) is 5. The van der Waals surface area contributed by atoms with E-state index in [0.29, 0.717) is 36.6 Å². The molecule has 1 N–H and O–H groups in total. The molecule has 0 aliphatic heterocycles. The van der Waals surface area contributed by atoms with E-state index in [1.165, 1.54) is 0 Å². The van der Waals surface area contributed by atoms with Crippen LogP contribution in [0.2, 0.25) is 0 Å². The van der Waals surface area contributed by atoms with Crippen LogP contribution in [0.4, 0.5) is 0 Å². The normalized spacial score (nSPS) is 11.4. The zero-order valence-corrected chi connectivity index (χ0v) is 17.6.